The molecule has 0 spiro atoms. The van der Waals surface area contributed by atoms with Gasteiger partial charge in [0.25, 0.3) is 0 Å². The lowest BCUT2D eigenvalue weighted by Gasteiger charge is -2.20. The minimum atomic E-state index is -1.21. The van der Waals surface area contributed by atoms with Crippen LogP contribution < -0.4 is 0 Å². The molecule has 0 N–H and O–H groups in total. The Balaban J connectivity index is 2.22. The second kappa shape index (κ2) is 5.17. The molecule has 1 heterocycles. The maximum Gasteiger partial charge on any atom is 0.323 e. The molecule has 1 aliphatic heterocycles. The van der Waals surface area contributed by atoms with Gasteiger partial charge in [-0.3, -0.25) is 9.59 Å². The first-order chi connectivity index (χ1) is 9.68. The summed E-state index contributed by atoms with van der Waals surface area (Å²) in [6.07, 6.45) is -0.0801. The third-order valence-corrected chi connectivity index (χ3v) is 4.08. The van der Waals surface area contributed by atoms with Crippen molar-refractivity contribution in [2.24, 2.45) is 5.41 Å². The lowest BCUT2D eigenvalue weighted by Crippen LogP contribution is -2.33. The normalized spacial score (nSPS) is 25.6. The molecule has 4 heteroatoms. The zero-order valence-electron chi connectivity index (χ0n) is 13.2. The number of hydrogen-bond donors (Lipinski definition) is 0. The van der Waals surface area contributed by atoms with Crippen molar-refractivity contribution < 1.29 is 19.1 Å². The fourth-order valence-electron chi connectivity index (χ4n) is 2.53. The van der Waals surface area contributed by atoms with E-state index in [4.69, 9.17) is 9.47 Å². The molecule has 0 bridgehead atoms. The minimum Gasteiger partial charge on any atom is -0.468 e. The van der Waals surface area contributed by atoms with Crippen LogP contribution in [0.1, 0.15) is 51.3 Å². The van der Waals surface area contributed by atoms with E-state index in [1.807, 2.05) is 24.3 Å². The van der Waals surface area contributed by atoms with Gasteiger partial charge in [-0.1, -0.05) is 45.0 Å². The number of hydrogen-bond acceptors (Lipinski definition) is 4. The minimum absolute atomic E-state index is 0.0748. The molecule has 1 fully saturated rings. The van der Waals surface area contributed by atoms with E-state index in [1.165, 1.54) is 12.7 Å². The van der Waals surface area contributed by atoms with Gasteiger partial charge in [0.1, 0.15) is 6.10 Å². The average Bonchev–Trinajstić information content (AvgIpc) is 2.74. The Bertz CT molecular complexity index is 553. The van der Waals surface area contributed by atoms with E-state index in [-0.39, 0.29) is 5.41 Å². The Morgan fingerprint density at radius 1 is 1.29 bits per heavy atom. The summed E-state index contributed by atoms with van der Waals surface area (Å²) in [5.41, 5.74) is 0.989. The monoisotopic (exact) mass is 290 g/mol. The van der Waals surface area contributed by atoms with E-state index < -0.39 is 23.5 Å². The number of rotatable bonds is 2. The van der Waals surface area contributed by atoms with Crippen molar-refractivity contribution in [3.63, 3.8) is 0 Å². The average molecular weight is 290 g/mol. The summed E-state index contributed by atoms with van der Waals surface area (Å²) in [6.45, 7) is 8.01. The molecule has 1 aromatic carbocycles. The van der Waals surface area contributed by atoms with E-state index in [0.29, 0.717) is 6.42 Å². The smallest absolute Gasteiger partial charge is 0.323 e. The summed E-state index contributed by atoms with van der Waals surface area (Å²) in [5, 5.41) is 0. The Hall–Kier alpha value is -1.84. The van der Waals surface area contributed by atoms with Gasteiger partial charge in [-0.25, -0.2) is 0 Å². The molecule has 2 atom stereocenters. The molecule has 21 heavy (non-hydrogen) atoms. The topological polar surface area (TPSA) is 52.6 Å². The molecule has 114 valence electrons. The van der Waals surface area contributed by atoms with Crippen molar-refractivity contribution in [1.29, 1.82) is 0 Å². The van der Waals surface area contributed by atoms with Crippen LogP contribution in [0.15, 0.2) is 24.3 Å². The van der Waals surface area contributed by atoms with Crippen LogP contribution in [0.5, 0.6) is 0 Å². The quantitative estimate of drug-likeness (QED) is 0.620. The number of ether oxygens (including phenoxy) is 2. The van der Waals surface area contributed by atoms with E-state index in [0.717, 1.165) is 5.56 Å². The SMILES string of the molecule is COC(=O)[C@]1(C)C[C@H](c2ccc(C(C)(C)C)cc2)OC1=O. The first kappa shape index (κ1) is 15.5. The maximum atomic E-state index is 12.0. The van der Waals surface area contributed by atoms with Crippen molar-refractivity contribution in [2.75, 3.05) is 7.11 Å². The summed E-state index contributed by atoms with van der Waals surface area (Å²) in [4.78, 5) is 23.8. The number of methoxy groups -OCH3 is 1. The van der Waals surface area contributed by atoms with Gasteiger partial charge in [-0.05, 0) is 23.5 Å². The molecule has 0 aromatic heterocycles. The van der Waals surface area contributed by atoms with Gasteiger partial charge in [0.05, 0.1) is 7.11 Å². The Morgan fingerprint density at radius 3 is 2.33 bits per heavy atom. The van der Waals surface area contributed by atoms with Gasteiger partial charge in [-0.2, -0.15) is 0 Å². The first-order valence-corrected chi connectivity index (χ1v) is 7.08. The molecule has 0 amide bonds. The number of carbonyl (C=O) groups excluding carboxylic acids is 2. The van der Waals surface area contributed by atoms with Crippen molar-refractivity contribution >= 4 is 11.9 Å². The fraction of sp³-hybridized carbons (Fsp3) is 0.529. The number of benzene rings is 1. The number of cyclic esters (lactones) is 1. The Labute approximate surface area is 125 Å². The number of esters is 2. The van der Waals surface area contributed by atoms with E-state index in [9.17, 15) is 9.59 Å². The van der Waals surface area contributed by atoms with Gasteiger partial charge in [-0.15, -0.1) is 0 Å². The molecule has 1 saturated heterocycles. The van der Waals surface area contributed by atoms with Crippen LogP contribution in [-0.4, -0.2) is 19.0 Å². The summed E-state index contributed by atoms with van der Waals surface area (Å²) >= 11 is 0. The highest BCUT2D eigenvalue weighted by molar-refractivity contribution is 6.00. The molecular formula is C17H22O4. The van der Waals surface area contributed by atoms with Gasteiger partial charge in [0, 0.05) is 6.42 Å². The van der Waals surface area contributed by atoms with Crippen LogP contribution in [0.3, 0.4) is 0 Å². The van der Waals surface area contributed by atoms with Crippen LogP contribution in [0.2, 0.25) is 0 Å². The largest absolute Gasteiger partial charge is 0.468 e. The predicted molar refractivity (Wildman–Crippen MR) is 78.7 cm³/mol. The van der Waals surface area contributed by atoms with Crippen molar-refractivity contribution in [1.82, 2.24) is 0 Å². The van der Waals surface area contributed by atoms with Crippen molar-refractivity contribution in [3.8, 4) is 0 Å². The third kappa shape index (κ3) is 2.80. The summed E-state index contributed by atoms with van der Waals surface area (Å²) in [6, 6.07) is 8.00. The highest BCUT2D eigenvalue weighted by atomic mass is 16.6. The van der Waals surface area contributed by atoms with Crippen LogP contribution >= 0.6 is 0 Å². The standard InChI is InChI=1S/C17H22O4/c1-16(2,3)12-8-6-11(7-9-12)13-10-17(4,14(18)20-5)15(19)21-13/h6-9,13H,10H2,1-5H3/t13-,17+/m1/s1. The molecule has 1 aliphatic rings. The van der Waals surface area contributed by atoms with Gasteiger partial charge in [0.15, 0.2) is 5.41 Å². The van der Waals surface area contributed by atoms with Crippen molar-refractivity contribution in [2.45, 2.75) is 45.6 Å². The first-order valence-electron chi connectivity index (χ1n) is 7.08. The lowest BCUT2D eigenvalue weighted by molar-refractivity contribution is -0.162. The molecule has 0 unspecified atom stereocenters. The van der Waals surface area contributed by atoms with Crippen molar-refractivity contribution in [3.05, 3.63) is 35.4 Å². The molecule has 4 nitrogen and oxygen atoms in total. The predicted octanol–water partition coefficient (Wildman–Crippen LogP) is 3.15. The van der Waals surface area contributed by atoms with Crippen LogP contribution in [0.25, 0.3) is 0 Å². The van der Waals surface area contributed by atoms with Crippen LogP contribution in [-0.2, 0) is 24.5 Å². The van der Waals surface area contributed by atoms with Gasteiger partial charge < -0.3 is 9.47 Å². The maximum absolute atomic E-state index is 12.0. The molecule has 0 radical (unpaired) electrons. The summed E-state index contributed by atoms with van der Waals surface area (Å²) in [7, 11) is 1.28. The highest BCUT2D eigenvalue weighted by Gasteiger charge is 2.52. The lowest BCUT2D eigenvalue weighted by atomic mass is 9.84. The summed E-state index contributed by atoms with van der Waals surface area (Å²) < 4.78 is 10.1. The fourth-order valence-corrected chi connectivity index (χ4v) is 2.53. The zero-order chi connectivity index (χ0) is 15.8. The Kier molecular flexibility index (Phi) is 3.83. The molecule has 2 rings (SSSR count). The van der Waals surface area contributed by atoms with Crippen LogP contribution in [0, 0.1) is 5.41 Å². The molecule has 1 aromatic rings. The second-order valence-corrected chi connectivity index (χ2v) is 6.79. The molecular weight excluding hydrogens is 268 g/mol. The highest BCUT2D eigenvalue weighted by Crippen LogP contribution is 2.42. The molecule has 0 saturated carbocycles. The second-order valence-electron chi connectivity index (χ2n) is 6.79. The summed E-state index contributed by atoms with van der Waals surface area (Å²) in [5.74, 6) is -1.06. The van der Waals surface area contributed by atoms with Gasteiger partial charge in [0.2, 0.25) is 0 Å². The molecule has 0 aliphatic carbocycles. The van der Waals surface area contributed by atoms with Gasteiger partial charge >= 0.3 is 11.9 Å². The third-order valence-electron chi connectivity index (χ3n) is 4.08. The van der Waals surface area contributed by atoms with E-state index in [2.05, 4.69) is 20.8 Å². The zero-order valence-corrected chi connectivity index (χ0v) is 13.2. The number of carbonyl (C=O) groups is 2. The van der Waals surface area contributed by atoms with E-state index >= 15 is 0 Å². The van der Waals surface area contributed by atoms with Crippen LogP contribution in [0.4, 0.5) is 0 Å². The Morgan fingerprint density at radius 2 is 1.86 bits per heavy atom. The van der Waals surface area contributed by atoms with E-state index in [1.54, 1.807) is 6.92 Å².